The third-order valence-electron chi connectivity index (χ3n) is 2.17. The standard InChI is InChI=1S/C10H16N2O8.2K.H2O/c13-7(14)3-11(4-8(15)16)1-2-12(5-9(17)18)6-10(19)20;;;/h1-6H2,(H,13,14)(H,15,16)(H,17,18)(H,19,20);;;1H2. The second kappa shape index (κ2) is 17.8. The molecule has 0 aromatic carbocycles. The van der Waals surface area contributed by atoms with Crippen LogP contribution in [-0.4, -0.2) is 202 Å². The maximum absolute atomic E-state index is 10.6. The Morgan fingerprint density at radius 2 is 0.739 bits per heavy atom. The molecule has 13 heteroatoms. The molecule has 0 aliphatic carbocycles. The molecule has 0 bridgehead atoms. The Morgan fingerprint density at radius 3 is 0.870 bits per heavy atom. The minimum Gasteiger partial charge on any atom is -0.480 e. The fourth-order valence-corrected chi connectivity index (χ4v) is 1.48. The fraction of sp³-hybridized carbons (Fsp3) is 0.600. The van der Waals surface area contributed by atoms with Crippen LogP contribution < -0.4 is 0 Å². The summed E-state index contributed by atoms with van der Waals surface area (Å²) in [6, 6.07) is 0. The van der Waals surface area contributed by atoms with E-state index in [2.05, 4.69) is 0 Å². The third-order valence-corrected chi connectivity index (χ3v) is 2.17. The SMILES string of the molecule is O.O=C(O)CN(CCN(CC(=O)O)CC(=O)O)CC(=O)O.[K].[K]. The molecule has 0 aromatic rings. The maximum atomic E-state index is 10.6. The van der Waals surface area contributed by atoms with Crippen LogP contribution in [0.25, 0.3) is 0 Å². The Hall–Kier alpha value is 1.03. The van der Waals surface area contributed by atoms with Crippen molar-refractivity contribution in [2.45, 2.75) is 0 Å². The van der Waals surface area contributed by atoms with Gasteiger partial charge in [0.05, 0.1) is 26.2 Å². The molecule has 0 aromatic heterocycles. The summed E-state index contributed by atoms with van der Waals surface area (Å²) < 4.78 is 0. The Kier molecular flexibility index (Phi) is 24.6. The van der Waals surface area contributed by atoms with Gasteiger partial charge >= 0.3 is 23.9 Å². The van der Waals surface area contributed by atoms with E-state index in [1.165, 1.54) is 0 Å². The van der Waals surface area contributed by atoms with Gasteiger partial charge in [0.1, 0.15) is 0 Å². The van der Waals surface area contributed by atoms with E-state index in [-0.39, 0.29) is 121 Å². The van der Waals surface area contributed by atoms with Gasteiger partial charge in [0.25, 0.3) is 0 Å². The molecule has 0 fully saturated rings. The summed E-state index contributed by atoms with van der Waals surface area (Å²) in [5.41, 5.74) is 0. The zero-order chi connectivity index (χ0) is 15.7. The predicted molar refractivity (Wildman–Crippen MR) is 78.5 cm³/mol. The smallest absolute Gasteiger partial charge is 0.317 e. The molecule has 0 rings (SSSR count). The zero-order valence-electron chi connectivity index (χ0n) is 13.1. The molecule has 23 heavy (non-hydrogen) atoms. The summed E-state index contributed by atoms with van der Waals surface area (Å²) in [6.45, 7) is -2.25. The first-order valence-corrected chi connectivity index (χ1v) is 5.52. The van der Waals surface area contributed by atoms with Crippen molar-refractivity contribution >= 4 is 127 Å². The largest absolute Gasteiger partial charge is 0.480 e. The van der Waals surface area contributed by atoms with E-state index in [4.69, 9.17) is 20.4 Å². The van der Waals surface area contributed by atoms with Crippen molar-refractivity contribution in [1.29, 1.82) is 0 Å². The quantitative estimate of drug-likeness (QED) is 0.257. The van der Waals surface area contributed by atoms with Gasteiger partial charge in [-0.3, -0.25) is 29.0 Å². The van der Waals surface area contributed by atoms with Gasteiger partial charge in [0, 0.05) is 116 Å². The molecule has 124 valence electrons. The fourth-order valence-electron chi connectivity index (χ4n) is 1.48. The average Bonchev–Trinajstić information content (AvgIpc) is 2.22. The Bertz CT molecular complexity index is 327. The van der Waals surface area contributed by atoms with Crippen molar-refractivity contribution in [3.05, 3.63) is 0 Å². The molecule has 0 atom stereocenters. The molecule has 0 unspecified atom stereocenters. The van der Waals surface area contributed by atoms with Crippen molar-refractivity contribution in [2.24, 2.45) is 0 Å². The van der Waals surface area contributed by atoms with Gasteiger partial charge < -0.3 is 25.9 Å². The van der Waals surface area contributed by atoms with E-state index in [9.17, 15) is 19.2 Å². The Balaban J connectivity index is -0.000000602. The van der Waals surface area contributed by atoms with E-state index in [1.54, 1.807) is 0 Å². The van der Waals surface area contributed by atoms with Crippen molar-refractivity contribution in [3.8, 4) is 0 Å². The number of aliphatic carboxylic acids is 4. The Labute approximate surface area is 217 Å². The van der Waals surface area contributed by atoms with Gasteiger partial charge in [-0.1, -0.05) is 0 Å². The number of carboxylic acids is 4. The van der Waals surface area contributed by atoms with Crippen molar-refractivity contribution in [2.75, 3.05) is 39.3 Å². The average molecular weight is 388 g/mol. The van der Waals surface area contributed by atoms with Gasteiger partial charge in [0.15, 0.2) is 0 Å². The van der Waals surface area contributed by atoms with E-state index in [0.29, 0.717) is 0 Å². The molecule has 0 aliphatic heterocycles. The van der Waals surface area contributed by atoms with Crippen LogP contribution in [0.15, 0.2) is 0 Å². The summed E-state index contributed by atoms with van der Waals surface area (Å²) >= 11 is 0. The van der Waals surface area contributed by atoms with Gasteiger partial charge in [-0.2, -0.15) is 0 Å². The molecule has 0 saturated carbocycles. The van der Waals surface area contributed by atoms with Crippen LogP contribution >= 0.6 is 0 Å². The van der Waals surface area contributed by atoms with Gasteiger partial charge in [-0.15, -0.1) is 0 Å². The number of hydrogen-bond donors (Lipinski definition) is 4. The first-order valence-electron chi connectivity index (χ1n) is 5.52. The number of carbonyl (C=O) groups is 4. The van der Waals surface area contributed by atoms with Crippen LogP contribution in [0.1, 0.15) is 0 Å². The molecule has 0 aliphatic rings. The second-order valence-electron chi connectivity index (χ2n) is 4.00. The maximum Gasteiger partial charge on any atom is 0.317 e. The molecule has 0 heterocycles. The molecular formula is C10H18K2N2O9. The van der Waals surface area contributed by atoms with Crippen molar-refractivity contribution in [3.63, 3.8) is 0 Å². The molecule has 11 nitrogen and oxygen atoms in total. The van der Waals surface area contributed by atoms with Crippen molar-refractivity contribution < 1.29 is 45.1 Å². The first-order chi connectivity index (χ1) is 9.20. The topological polar surface area (TPSA) is 187 Å². The van der Waals surface area contributed by atoms with Crippen molar-refractivity contribution in [1.82, 2.24) is 9.80 Å². The third kappa shape index (κ3) is 21.0. The Morgan fingerprint density at radius 1 is 0.565 bits per heavy atom. The molecule has 0 amide bonds. The number of nitrogens with zero attached hydrogens (tertiary/aromatic N) is 2. The monoisotopic (exact) mass is 388 g/mol. The molecule has 6 N–H and O–H groups in total. The van der Waals surface area contributed by atoms with Gasteiger partial charge in [-0.05, 0) is 0 Å². The molecular weight excluding hydrogens is 370 g/mol. The zero-order valence-corrected chi connectivity index (χ0v) is 19.3. The number of carboxylic acid groups (broad SMARTS) is 4. The summed E-state index contributed by atoms with van der Waals surface area (Å²) in [5, 5.41) is 34.5. The van der Waals surface area contributed by atoms with Crippen LogP contribution in [0.2, 0.25) is 0 Å². The van der Waals surface area contributed by atoms with E-state index in [1.807, 2.05) is 0 Å². The predicted octanol–water partition coefficient (Wildman–Crippen LogP) is -3.66. The summed E-state index contributed by atoms with van der Waals surface area (Å²) in [7, 11) is 0. The molecule has 2 radical (unpaired) electrons. The van der Waals surface area contributed by atoms with Crippen LogP contribution in [-0.2, 0) is 19.2 Å². The molecule has 0 spiro atoms. The number of hydrogen-bond acceptors (Lipinski definition) is 6. The van der Waals surface area contributed by atoms with Crippen LogP contribution in [0.4, 0.5) is 0 Å². The summed E-state index contributed by atoms with van der Waals surface area (Å²) in [5.74, 6) is -4.91. The van der Waals surface area contributed by atoms with Crippen LogP contribution in [0, 0.1) is 0 Å². The van der Waals surface area contributed by atoms with E-state index in [0.717, 1.165) is 9.80 Å². The van der Waals surface area contributed by atoms with Crippen LogP contribution in [0.5, 0.6) is 0 Å². The second-order valence-corrected chi connectivity index (χ2v) is 4.00. The summed E-state index contributed by atoms with van der Waals surface area (Å²) in [6.07, 6.45) is 0. The number of rotatable bonds is 11. The normalized spacial score (nSPS) is 9.30. The minimum atomic E-state index is -1.23. The van der Waals surface area contributed by atoms with Gasteiger partial charge in [0.2, 0.25) is 0 Å². The first kappa shape index (κ1) is 31.8. The minimum absolute atomic E-state index is 0. The summed E-state index contributed by atoms with van der Waals surface area (Å²) in [4.78, 5) is 44.4. The molecule has 0 saturated heterocycles. The van der Waals surface area contributed by atoms with Gasteiger partial charge in [-0.25, -0.2) is 0 Å². The van der Waals surface area contributed by atoms with Crippen LogP contribution in [0.3, 0.4) is 0 Å². The van der Waals surface area contributed by atoms with E-state index < -0.39 is 50.1 Å². The van der Waals surface area contributed by atoms with E-state index >= 15 is 0 Å².